The van der Waals surface area contributed by atoms with Crippen molar-refractivity contribution < 1.29 is 23.0 Å². The lowest BCUT2D eigenvalue weighted by atomic mass is 10.1. The number of rotatable bonds is 9. The molecule has 0 unspecified atom stereocenters. The number of nitrogens with zero attached hydrogens (tertiary/aromatic N) is 3. The van der Waals surface area contributed by atoms with E-state index in [0.717, 1.165) is 50.9 Å². The van der Waals surface area contributed by atoms with Gasteiger partial charge in [0, 0.05) is 49.9 Å². The molecule has 1 aliphatic rings. The van der Waals surface area contributed by atoms with Crippen molar-refractivity contribution in [2.75, 3.05) is 46.6 Å². The van der Waals surface area contributed by atoms with Crippen molar-refractivity contribution in [2.45, 2.75) is 12.8 Å². The number of morpholine rings is 1. The highest BCUT2D eigenvalue weighted by atomic mass is 19.1. The van der Waals surface area contributed by atoms with Gasteiger partial charge in [-0.1, -0.05) is 6.07 Å². The Hall–Kier alpha value is -3.89. The predicted octanol–water partition coefficient (Wildman–Crippen LogP) is 3.96. The van der Waals surface area contributed by atoms with E-state index in [9.17, 15) is 13.6 Å². The first-order chi connectivity index (χ1) is 18.5. The molecule has 10 heteroatoms. The summed E-state index contributed by atoms with van der Waals surface area (Å²) in [5.74, 6) is 0.121. The Morgan fingerprint density at radius 2 is 1.84 bits per heavy atom. The molecule has 0 amide bonds. The van der Waals surface area contributed by atoms with Gasteiger partial charge in [-0.05, 0) is 36.2 Å². The van der Waals surface area contributed by atoms with Crippen LogP contribution >= 0.6 is 0 Å². The van der Waals surface area contributed by atoms with E-state index >= 15 is 0 Å². The van der Waals surface area contributed by atoms with Crippen LogP contribution in [0.3, 0.4) is 0 Å². The van der Waals surface area contributed by atoms with Crippen molar-refractivity contribution in [3.05, 3.63) is 82.0 Å². The molecule has 4 aromatic rings. The number of aromatic amines is 1. The maximum absolute atomic E-state index is 13.6. The van der Waals surface area contributed by atoms with Crippen molar-refractivity contribution >= 4 is 10.9 Å². The van der Waals surface area contributed by atoms with Crippen LogP contribution in [0.15, 0.2) is 53.5 Å². The smallest absolute Gasteiger partial charge is 0.258 e. The van der Waals surface area contributed by atoms with Crippen molar-refractivity contribution in [3.8, 4) is 22.8 Å². The minimum Gasteiger partial charge on any atom is -0.493 e. The third-order valence-corrected chi connectivity index (χ3v) is 6.37. The van der Waals surface area contributed by atoms with Crippen LogP contribution in [0.1, 0.15) is 17.8 Å². The molecule has 8 nitrogen and oxygen atoms in total. The van der Waals surface area contributed by atoms with Crippen LogP contribution in [-0.2, 0) is 11.2 Å². The summed E-state index contributed by atoms with van der Waals surface area (Å²) in [6.07, 6.45) is 2.76. The summed E-state index contributed by atoms with van der Waals surface area (Å²) in [4.78, 5) is 26.9. The maximum atomic E-state index is 13.6. The van der Waals surface area contributed by atoms with Gasteiger partial charge in [-0.25, -0.2) is 13.8 Å². The third-order valence-electron chi connectivity index (χ3n) is 6.37. The van der Waals surface area contributed by atoms with Crippen LogP contribution in [0.2, 0.25) is 0 Å². The van der Waals surface area contributed by atoms with Crippen LogP contribution < -0.4 is 15.0 Å². The Kier molecular flexibility index (Phi) is 7.90. The number of H-pyrrole nitrogens is 1. The molecule has 3 heterocycles. The fraction of sp³-hybridized carbons (Fsp3) is 0.321. The topological polar surface area (TPSA) is 89.6 Å². The maximum Gasteiger partial charge on any atom is 0.258 e. The van der Waals surface area contributed by atoms with Gasteiger partial charge in [0.15, 0.2) is 11.5 Å². The highest BCUT2D eigenvalue weighted by Gasteiger charge is 2.14. The molecule has 1 aliphatic heterocycles. The van der Waals surface area contributed by atoms with Crippen molar-refractivity contribution in [3.63, 3.8) is 0 Å². The molecule has 0 aliphatic carbocycles. The highest BCUT2D eigenvalue weighted by Crippen LogP contribution is 2.31. The highest BCUT2D eigenvalue weighted by molar-refractivity contribution is 5.81. The Bertz CT molecular complexity index is 1450. The zero-order chi connectivity index (χ0) is 26.5. The second-order valence-electron chi connectivity index (χ2n) is 9.08. The van der Waals surface area contributed by atoms with E-state index in [0.29, 0.717) is 52.5 Å². The fourth-order valence-corrected chi connectivity index (χ4v) is 4.44. The summed E-state index contributed by atoms with van der Waals surface area (Å²) >= 11 is 0. The molecule has 38 heavy (non-hydrogen) atoms. The number of ether oxygens (including phenoxy) is 3. The molecule has 1 fully saturated rings. The molecule has 0 spiro atoms. The fourth-order valence-electron chi connectivity index (χ4n) is 4.44. The number of halogens is 2. The molecule has 1 N–H and O–H groups in total. The summed E-state index contributed by atoms with van der Waals surface area (Å²) in [6.45, 7) is 4.79. The zero-order valence-corrected chi connectivity index (χ0v) is 21.0. The largest absolute Gasteiger partial charge is 0.493 e. The molecule has 0 saturated carbocycles. The number of fused-ring (bicyclic) bond motifs is 1. The summed E-state index contributed by atoms with van der Waals surface area (Å²) in [5, 5.41) is 0.396. The van der Waals surface area contributed by atoms with E-state index in [1.165, 1.54) is 19.2 Å². The first-order valence-corrected chi connectivity index (χ1v) is 12.4. The van der Waals surface area contributed by atoms with E-state index < -0.39 is 11.6 Å². The SMILES string of the molecule is COc1cc2c(=O)[nH]c(Cc3ccc(-c4cc(F)cc(F)c4)nc3)nc2cc1OCCCN1CCOCC1. The van der Waals surface area contributed by atoms with Gasteiger partial charge in [0.25, 0.3) is 5.56 Å². The van der Waals surface area contributed by atoms with Gasteiger partial charge >= 0.3 is 0 Å². The van der Waals surface area contributed by atoms with E-state index in [2.05, 4.69) is 19.9 Å². The third kappa shape index (κ3) is 6.15. The van der Waals surface area contributed by atoms with Gasteiger partial charge < -0.3 is 19.2 Å². The van der Waals surface area contributed by atoms with Gasteiger partial charge in [-0.2, -0.15) is 0 Å². The Labute approximate surface area is 218 Å². The average molecular weight is 523 g/mol. The predicted molar refractivity (Wildman–Crippen MR) is 139 cm³/mol. The molecule has 0 bridgehead atoms. The zero-order valence-electron chi connectivity index (χ0n) is 21.0. The minimum atomic E-state index is -0.666. The lowest BCUT2D eigenvalue weighted by molar-refractivity contribution is 0.0357. The average Bonchev–Trinajstić information content (AvgIpc) is 2.91. The molecular weight excluding hydrogens is 494 g/mol. The normalized spacial score (nSPS) is 14.1. The summed E-state index contributed by atoms with van der Waals surface area (Å²) in [6, 6.07) is 10.1. The quantitative estimate of drug-likeness (QED) is 0.333. The molecule has 0 radical (unpaired) electrons. The monoisotopic (exact) mass is 522 g/mol. The van der Waals surface area contributed by atoms with E-state index in [1.54, 1.807) is 30.5 Å². The second kappa shape index (κ2) is 11.7. The molecule has 2 aromatic carbocycles. The van der Waals surface area contributed by atoms with Crippen LogP contribution in [0.25, 0.3) is 22.2 Å². The van der Waals surface area contributed by atoms with E-state index in [-0.39, 0.29) is 5.56 Å². The van der Waals surface area contributed by atoms with Crippen molar-refractivity contribution in [2.24, 2.45) is 0 Å². The molecule has 5 rings (SSSR count). The Morgan fingerprint density at radius 1 is 1.05 bits per heavy atom. The number of methoxy groups -OCH3 is 1. The van der Waals surface area contributed by atoms with Gasteiger partial charge in [0.05, 0.1) is 43.5 Å². The molecular formula is C28H28F2N4O4. The van der Waals surface area contributed by atoms with E-state index in [1.807, 2.05) is 0 Å². The van der Waals surface area contributed by atoms with Crippen LogP contribution in [0.4, 0.5) is 8.78 Å². The number of nitrogens with one attached hydrogen (secondary N) is 1. The Balaban J connectivity index is 1.30. The first-order valence-electron chi connectivity index (χ1n) is 12.4. The Morgan fingerprint density at radius 3 is 2.55 bits per heavy atom. The second-order valence-corrected chi connectivity index (χ2v) is 9.08. The lowest BCUT2D eigenvalue weighted by Gasteiger charge is -2.26. The number of aromatic nitrogens is 3. The summed E-state index contributed by atoms with van der Waals surface area (Å²) in [7, 11) is 1.53. The molecule has 1 saturated heterocycles. The van der Waals surface area contributed by atoms with Gasteiger partial charge in [-0.15, -0.1) is 0 Å². The van der Waals surface area contributed by atoms with Crippen LogP contribution in [0, 0.1) is 11.6 Å². The number of benzene rings is 2. The van der Waals surface area contributed by atoms with Crippen molar-refractivity contribution in [1.82, 2.24) is 19.9 Å². The lowest BCUT2D eigenvalue weighted by Crippen LogP contribution is -2.37. The van der Waals surface area contributed by atoms with Gasteiger partial charge in [-0.3, -0.25) is 14.7 Å². The molecule has 0 atom stereocenters. The summed E-state index contributed by atoms with van der Waals surface area (Å²) in [5.41, 5.74) is 1.77. The van der Waals surface area contributed by atoms with Crippen LogP contribution in [0.5, 0.6) is 11.5 Å². The van der Waals surface area contributed by atoms with Gasteiger partial charge in [0.1, 0.15) is 17.5 Å². The van der Waals surface area contributed by atoms with Gasteiger partial charge in [0.2, 0.25) is 0 Å². The summed E-state index contributed by atoms with van der Waals surface area (Å²) < 4.78 is 43.9. The molecule has 2 aromatic heterocycles. The standard InChI is InChI=1S/C28H28F2N4O4/c1-36-25-15-22-24(16-26(25)38-8-2-5-34-6-9-37-10-7-34)32-27(33-28(22)35)11-18-3-4-23(31-17-18)19-12-20(29)14-21(30)13-19/h3-4,12-17H,2,5-11H2,1H3,(H,32,33,35). The number of hydrogen-bond donors (Lipinski definition) is 1. The van der Waals surface area contributed by atoms with E-state index in [4.69, 9.17) is 14.2 Å². The van der Waals surface area contributed by atoms with Crippen LogP contribution in [-0.4, -0.2) is 66.4 Å². The number of hydrogen-bond acceptors (Lipinski definition) is 7. The molecule has 198 valence electrons. The first kappa shape index (κ1) is 25.7. The van der Waals surface area contributed by atoms with Crippen molar-refractivity contribution in [1.29, 1.82) is 0 Å². The number of pyridine rings is 1. The minimum absolute atomic E-state index is 0.290.